The Morgan fingerprint density at radius 3 is 2.60 bits per heavy atom. The third-order valence-corrected chi connectivity index (χ3v) is 2.12. The summed E-state index contributed by atoms with van der Waals surface area (Å²) in [6.07, 6.45) is -3.97. The van der Waals surface area contributed by atoms with Gasteiger partial charge in [0.05, 0.1) is 11.9 Å². The lowest BCUT2D eigenvalue weighted by molar-refractivity contribution is -0.148. The van der Waals surface area contributed by atoms with Crippen LogP contribution in [0.5, 0.6) is 5.88 Å². The van der Waals surface area contributed by atoms with Gasteiger partial charge in [0.1, 0.15) is 6.10 Å². The van der Waals surface area contributed by atoms with Crippen LogP contribution in [0.3, 0.4) is 0 Å². The number of nitrogens with one attached hydrogen (secondary N) is 1. The molecule has 0 saturated carbocycles. The normalized spacial score (nSPS) is 13.2. The molecule has 0 fully saturated rings. The highest BCUT2D eigenvalue weighted by molar-refractivity contribution is 5.93. The quantitative estimate of drug-likeness (QED) is 0.784. The maximum absolute atomic E-state index is 12.6. The van der Waals surface area contributed by atoms with Gasteiger partial charge in [-0.15, -0.1) is 0 Å². The molecule has 9 heteroatoms. The molecule has 2 N–H and O–H groups in total. The van der Waals surface area contributed by atoms with Crippen LogP contribution in [-0.4, -0.2) is 41.1 Å². The van der Waals surface area contributed by atoms with Crippen molar-refractivity contribution in [1.82, 2.24) is 4.98 Å². The summed E-state index contributed by atoms with van der Waals surface area (Å²) in [5.41, 5.74) is 0.198. The van der Waals surface area contributed by atoms with Gasteiger partial charge in [0.25, 0.3) is 5.91 Å². The van der Waals surface area contributed by atoms with Gasteiger partial charge < -0.3 is 15.2 Å². The van der Waals surface area contributed by atoms with E-state index >= 15 is 0 Å². The van der Waals surface area contributed by atoms with Gasteiger partial charge in [0, 0.05) is 6.07 Å². The Hall–Kier alpha value is -1.90. The number of amides is 1. The van der Waals surface area contributed by atoms with Crippen LogP contribution in [0, 0.1) is 0 Å². The van der Waals surface area contributed by atoms with E-state index in [1.54, 1.807) is 0 Å². The third kappa shape index (κ3) is 4.65. The number of hydrogen-bond donors (Lipinski definition) is 2. The maximum Gasteiger partial charge on any atom is 0.340 e. The summed E-state index contributed by atoms with van der Waals surface area (Å²) in [6, 6.07) is 2.39. The number of alkyl halides is 4. The van der Waals surface area contributed by atoms with E-state index in [0.717, 1.165) is 12.3 Å². The molecule has 1 aromatic rings. The number of rotatable bonds is 6. The fourth-order valence-corrected chi connectivity index (χ4v) is 1.02. The number of hydrogen-bond acceptors (Lipinski definition) is 4. The number of halogens is 4. The summed E-state index contributed by atoms with van der Waals surface area (Å²) in [4.78, 5) is 14.7. The minimum absolute atomic E-state index is 0.198. The molecule has 5 nitrogen and oxygen atoms in total. The van der Waals surface area contributed by atoms with Gasteiger partial charge >= 0.3 is 12.3 Å². The van der Waals surface area contributed by atoms with Gasteiger partial charge in [-0.05, 0) is 13.0 Å². The second kappa shape index (κ2) is 6.51. The Morgan fingerprint density at radius 1 is 1.50 bits per heavy atom. The van der Waals surface area contributed by atoms with Crippen LogP contribution >= 0.6 is 0 Å². The van der Waals surface area contributed by atoms with Crippen molar-refractivity contribution in [2.24, 2.45) is 0 Å². The lowest BCUT2D eigenvalue weighted by Gasteiger charge is -2.15. The molecule has 1 rings (SSSR count). The molecule has 1 unspecified atom stereocenters. The zero-order valence-electron chi connectivity index (χ0n) is 10.3. The van der Waals surface area contributed by atoms with E-state index in [1.807, 2.05) is 0 Å². The Balaban J connectivity index is 2.57. The number of nitrogens with zero attached hydrogens (tertiary/aromatic N) is 1. The Morgan fingerprint density at radius 2 is 2.15 bits per heavy atom. The molecule has 0 aliphatic heterocycles. The summed E-state index contributed by atoms with van der Waals surface area (Å²) in [5.74, 6) is -5.23. The first-order chi connectivity index (χ1) is 9.22. The average Bonchev–Trinajstić information content (AvgIpc) is 2.37. The molecule has 1 atom stereocenters. The number of carbonyl (C=O) groups excluding carboxylic acids is 1. The number of ether oxygens (including phenoxy) is 1. The van der Waals surface area contributed by atoms with Crippen molar-refractivity contribution < 1.29 is 32.2 Å². The van der Waals surface area contributed by atoms with Gasteiger partial charge in [-0.2, -0.15) is 8.78 Å². The number of anilines is 1. The SMILES string of the molecule is CC(O)C(=O)Nc1ccc(OCC(F)(F)C(F)F)nc1. The van der Waals surface area contributed by atoms with Crippen LogP contribution in [-0.2, 0) is 4.79 Å². The number of aliphatic hydroxyl groups excluding tert-OH is 1. The standard InChI is InChI=1S/C11H12F4N2O3/c1-6(18)9(19)17-7-2-3-8(16-4-7)20-5-11(14,15)10(12)13/h2-4,6,10,18H,5H2,1H3,(H,17,19). The topological polar surface area (TPSA) is 71.5 Å². The first-order valence-corrected chi connectivity index (χ1v) is 5.46. The molecule has 0 bridgehead atoms. The highest BCUT2D eigenvalue weighted by atomic mass is 19.3. The molecule has 0 aromatic carbocycles. The summed E-state index contributed by atoms with van der Waals surface area (Å²) in [6.45, 7) is -0.246. The zero-order valence-corrected chi connectivity index (χ0v) is 10.3. The first kappa shape index (κ1) is 16.2. The molecule has 0 saturated heterocycles. The van der Waals surface area contributed by atoms with Crippen molar-refractivity contribution in [1.29, 1.82) is 0 Å². The van der Waals surface area contributed by atoms with E-state index in [0.29, 0.717) is 0 Å². The van der Waals surface area contributed by atoms with E-state index in [2.05, 4.69) is 15.0 Å². The summed E-state index contributed by atoms with van der Waals surface area (Å²) >= 11 is 0. The van der Waals surface area contributed by atoms with Gasteiger partial charge in [-0.1, -0.05) is 0 Å². The van der Waals surface area contributed by atoms with E-state index in [4.69, 9.17) is 5.11 Å². The van der Waals surface area contributed by atoms with Crippen molar-refractivity contribution >= 4 is 11.6 Å². The lowest BCUT2D eigenvalue weighted by Crippen LogP contribution is -2.33. The van der Waals surface area contributed by atoms with E-state index in [-0.39, 0.29) is 11.6 Å². The van der Waals surface area contributed by atoms with E-state index in [9.17, 15) is 22.4 Å². The largest absolute Gasteiger partial charge is 0.471 e. The first-order valence-electron chi connectivity index (χ1n) is 5.46. The molecule has 1 heterocycles. The van der Waals surface area contributed by atoms with E-state index < -0.39 is 31.0 Å². The molecule has 0 spiro atoms. The molecule has 0 aliphatic carbocycles. The van der Waals surface area contributed by atoms with Crippen LogP contribution < -0.4 is 10.1 Å². The van der Waals surface area contributed by atoms with Gasteiger partial charge in [0.2, 0.25) is 5.88 Å². The maximum atomic E-state index is 12.6. The number of aliphatic hydroxyl groups is 1. The molecule has 0 aliphatic rings. The van der Waals surface area contributed by atoms with E-state index in [1.165, 1.54) is 13.0 Å². The van der Waals surface area contributed by atoms with Crippen molar-refractivity contribution in [2.45, 2.75) is 25.4 Å². The fraction of sp³-hybridized carbons (Fsp3) is 0.455. The van der Waals surface area contributed by atoms with Crippen molar-refractivity contribution in [3.63, 3.8) is 0 Å². The van der Waals surface area contributed by atoms with Crippen LogP contribution in [0.2, 0.25) is 0 Å². The molecular weight excluding hydrogens is 284 g/mol. The number of carbonyl (C=O) groups is 1. The minimum Gasteiger partial charge on any atom is -0.471 e. The second-order valence-corrected chi connectivity index (χ2v) is 3.90. The zero-order chi connectivity index (χ0) is 15.3. The van der Waals surface area contributed by atoms with Crippen LogP contribution in [0.4, 0.5) is 23.2 Å². The molecule has 1 amide bonds. The van der Waals surface area contributed by atoms with Crippen LogP contribution in [0.1, 0.15) is 6.92 Å². The predicted octanol–water partition coefficient (Wildman–Crippen LogP) is 1.68. The second-order valence-electron chi connectivity index (χ2n) is 3.90. The van der Waals surface area contributed by atoms with Crippen molar-refractivity contribution in [3.05, 3.63) is 18.3 Å². The number of pyridine rings is 1. The Bertz CT molecular complexity index is 451. The van der Waals surface area contributed by atoms with Crippen molar-refractivity contribution in [3.8, 4) is 5.88 Å². The van der Waals surface area contributed by atoms with Crippen LogP contribution in [0.15, 0.2) is 18.3 Å². The summed E-state index contributed by atoms with van der Waals surface area (Å²) in [5, 5.41) is 11.2. The highest BCUT2D eigenvalue weighted by Gasteiger charge is 2.41. The summed E-state index contributed by atoms with van der Waals surface area (Å²) in [7, 11) is 0. The fourth-order valence-electron chi connectivity index (χ4n) is 1.02. The molecule has 1 aromatic heterocycles. The molecular formula is C11H12F4N2O3. The molecule has 20 heavy (non-hydrogen) atoms. The lowest BCUT2D eigenvalue weighted by atomic mass is 10.3. The smallest absolute Gasteiger partial charge is 0.340 e. The highest BCUT2D eigenvalue weighted by Crippen LogP contribution is 2.23. The minimum atomic E-state index is -4.26. The van der Waals surface area contributed by atoms with Gasteiger partial charge in [-0.3, -0.25) is 4.79 Å². The van der Waals surface area contributed by atoms with Crippen LogP contribution in [0.25, 0.3) is 0 Å². The average molecular weight is 296 g/mol. The molecule has 112 valence electrons. The number of aromatic nitrogens is 1. The Kier molecular flexibility index (Phi) is 5.26. The predicted molar refractivity (Wildman–Crippen MR) is 61.0 cm³/mol. The van der Waals surface area contributed by atoms with Crippen molar-refractivity contribution in [2.75, 3.05) is 11.9 Å². The molecule has 0 radical (unpaired) electrons. The summed E-state index contributed by atoms with van der Waals surface area (Å²) < 4.78 is 53.4. The Labute approximate surface area is 111 Å². The van der Waals surface area contributed by atoms with Gasteiger partial charge in [-0.25, -0.2) is 13.8 Å². The third-order valence-electron chi connectivity index (χ3n) is 2.12. The van der Waals surface area contributed by atoms with Gasteiger partial charge in [0.15, 0.2) is 6.61 Å². The monoisotopic (exact) mass is 296 g/mol.